The molecule has 2 fully saturated rings. The van der Waals surface area contributed by atoms with Crippen molar-refractivity contribution in [2.75, 3.05) is 31.2 Å². The molecule has 0 aliphatic carbocycles. The largest absolute Gasteiger partial charge is 0.379 e. The zero-order valence-electron chi connectivity index (χ0n) is 21.4. The van der Waals surface area contributed by atoms with E-state index in [0.29, 0.717) is 25.1 Å². The molecule has 2 saturated heterocycles. The van der Waals surface area contributed by atoms with Crippen molar-refractivity contribution in [2.45, 2.75) is 45.3 Å². The molecule has 2 aliphatic heterocycles. The van der Waals surface area contributed by atoms with Crippen LogP contribution in [0.4, 0.5) is 10.1 Å². The first kappa shape index (κ1) is 25.0. The van der Waals surface area contributed by atoms with E-state index in [1.807, 2.05) is 25.1 Å². The Hall–Kier alpha value is -3.27. The average molecular weight is 538 g/mol. The molecule has 38 heavy (non-hydrogen) atoms. The van der Waals surface area contributed by atoms with Crippen LogP contribution in [-0.2, 0) is 16.1 Å². The molecule has 2 atom stereocenters. The van der Waals surface area contributed by atoms with E-state index < -0.39 is 5.82 Å². The summed E-state index contributed by atoms with van der Waals surface area (Å²) in [7, 11) is 0. The Kier molecular flexibility index (Phi) is 6.67. The number of carbonyl (C=O) groups excluding carboxylic acids is 1. The van der Waals surface area contributed by atoms with Gasteiger partial charge in [0.15, 0.2) is 5.58 Å². The van der Waals surface area contributed by atoms with Gasteiger partial charge in [-0.3, -0.25) is 9.69 Å². The Morgan fingerprint density at radius 3 is 2.79 bits per heavy atom. The summed E-state index contributed by atoms with van der Waals surface area (Å²) in [5.41, 5.74) is 3.77. The van der Waals surface area contributed by atoms with Gasteiger partial charge in [-0.1, -0.05) is 16.8 Å². The second-order valence-electron chi connectivity index (χ2n) is 10.0. The highest BCUT2D eigenvalue weighted by Crippen LogP contribution is 2.39. The standard InChI is InChI=1S/C28H29ClFN5O3/c1-17(33-9-11-37-12-10-33)15-34-16-24(19-3-7-26-21(13-19)18(2)32-38-26)31-28(34)25-6-8-27(36)35(25)20-4-5-22(29)23(30)14-20/h3-5,7,13-14,16-17,25H,6,8-12,15H2,1-2H3/t17-,25-/m0/s1. The zero-order chi connectivity index (χ0) is 26.4. The van der Waals surface area contributed by atoms with Crippen LogP contribution in [0.1, 0.15) is 37.3 Å². The molecule has 2 aromatic heterocycles. The van der Waals surface area contributed by atoms with Crippen molar-refractivity contribution in [2.24, 2.45) is 0 Å². The molecular weight excluding hydrogens is 509 g/mol. The number of nitrogens with zero attached hydrogens (tertiary/aromatic N) is 5. The topological polar surface area (TPSA) is 76.6 Å². The Morgan fingerprint density at radius 1 is 1.18 bits per heavy atom. The number of ether oxygens (including phenoxy) is 1. The number of imidazole rings is 1. The smallest absolute Gasteiger partial charge is 0.227 e. The van der Waals surface area contributed by atoms with Crippen molar-refractivity contribution in [3.05, 3.63) is 65.0 Å². The second kappa shape index (κ2) is 10.1. The number of aromatic nitrogens is 3. The molecule has 198 valence electrons. The Labute approximate surface area is 224 Å². The number of halogens is 2. The quantitative estimate of drug-likeness (QED) is 0.328. The van der Waals surface area contributed by atoms with Crippen LogP contribution in [0.2, 0.25) is 5.02 Å². The third kappa shape index (κ3) is 4.59. The van der Waals surface area contributed by atoms with Gasteiger partial charge in [-0.2, -0.15) is 0 Å². The lowest BCUT2D eigenvalue weighted by Gasteiger charge is -2.33. The molecule has 1 amide bonds. The van der Waals surface area contributed by atoms with Crippen molar-refractivity contribution in [1.29, 1.82) is 0 Å². The van der Waals surface area contributed by atoms with E-state index in [2.05, 4.69) is 27.7 Å². The van der Waals surface area contributed by atoms with Gasteiger partial charge in [0.05, 0.1) is 35.7 Å². The first-order valence-corrected chi connectivity index (χ1v) is 13.3. The summed E-state index contributed by atoms with van der Waals surface area (Å²) in [5, 5.41) is 5.04. The molecule has 4 aromatic rings. The third-order valence-electron chi connectivity index (χ3n) is 7.57. The van der Waals surface area contributed by atoms with Crippen molar-refractivity contribution < 1.29 is 18.4 Å². The molecule has 0 bridgehead atoms. The van der Waals surface area contributed by atoms with Crippen LogP contribution < -0.4 is 4.90 Å². The van der Waals surface area contributed by atoms with E-state index >= 15 is 0 Å². The maximum atomic E-state index is 14.4. The molecule has 2 aliphatic rings. The Morgan fingerprint density at radius 2 is 2.00 bits per heavy atom. The molecule has 0 spiro atoms. The number of rotatable bonds is 6. The van der Waals surface area contributed by atoms with Gasteiger partial charge < -0.3 is 18.7 Å². The highest BCUT2D eigenvalue weighted by molar-refractivity contribution is 6.30. The number of amides is 1. The van der Waals surface area contributed by atoms with Gasteiger partial charge in [0.1, 0.15) is 11.6 Å². The van der Waals surface area contributed by atoms with Crippen molar-refractivity contribution in [3.63, 3.8) is 0 Å². The van der Waals surface area contributed by atoms with Crippen LogP contribution in [0.3, 0.4) is 0 Å². The maximum Gasteiger partial charge on any atom is 0.227 e. The molecule has 8 nitrogen and oxygen atoms in total. The highest BCUT2D eigenvalue weighted by Gasteiger charge is 2.37. The number of aryl methyl sites for hydroxylation is 1. The van der Waals surface area contributed by atoms with Crippen LogP contribution >= 0.6 is 11.6 Å². The summed E-state index contributed by atoms with van der Waals surface area (Å²) in [5.74, 6) is 0.170. The summed E-state index contributed by atoms with van der Waals surface area (Å²) in [6, 6.07) is 10.3. The normalized spacial score (nSPS) is 19.5. The molecule has 6 rings (SSSR count). The van der Waals surface area contributed by atoms with Crippen LogP contribution in [0.15, 0.2) is 47.1 Å². The first-order chi connectivity index (χ1) is 18.4. The lowest BCUT2D eigenvalue weighted by molar-refractivity contribution is -0.117. The van der Waals surface area contributed by atoms with Crippen LogP contribution in [-0.4, -0.2) is 57.9 Å². The second-order valence-corrected chi connectivity index (χ2v) is 10.4. The molecular formula is C28H29ClFN5O3. The summed E-state index contributed by atoms with van der Waals surface area (Å²) in [4.78, 5) is 22.2. The fraction of sp³-hybridized carbons (Fsp3) is 0.393. The third-order valence-corrected chi connectivity index (χ3v) is 7.88. The minimum Gasteiger partial charge on any atom is -0.379 e. The Bertz CT molecular complexity index is 1500. The number of fused-ring (bicyclic) bond motifs is 1. The summed E-state index contributed by atoms with van der Waals surface area (Å²) >= 11 is 5.93. The lowest BCUT2D eigenvalue weighted by Crippen LogP contribution is -2.44. The minimum atomic E-state index is -0.551. The average Bonchev–Trinajstić information content (AvgIpc) is 3.63. The predicted molar refractivity (Wildman–Crippen MR) is 143 cm³/mol. The molecule has 0 saturated carbocycles. The summed E-state index contributed by atoms with van der Waals surface area (Å²) < 4.78 is 27.5. The van der Waals surface area contributed by atoms with Crippen LogP contribution in [0.25, 0.3) is 22.2 Å². The molecule has 0 N–H and O–H groups in total. The SMILES string of the molecule is Cc1noc2ccc(-c3cn(C[C@H](C)N4CCOCC4)c([C@@H]4CCC(=O)N4c4ccc(Cl)c(F)c4)n3)cc12. The molecule has 2 aromatic carbocycles. The number of benzene rings is 2. The van der Waals surface area contributed by atoms with Crippen LogP contribution in [0.5, 0.6) is 0 Å². The highest BCUT2D eigenvalue weighted by atomic mass is 35.5. The van der Waals surface area contributed by atoms with Gasteiger partial charge in [-0.25, -0.2) is 9.37 Å². The van der Waals surface area contributed by atoms with Gasteiger partial charge in [0, 0.05) is 54.9 Å². The van der Waals surface area contributed by atoms with Gasteiger partial charge >= 0.3 is 0 Å². The van der Waals surface area contributed by atoms with Crippen molar-refractivity contribution in [1.82, 2.24) is 19.6 Å². The molecule has 0 unspecified atom stereocenters. The minimum absolute atomic E-state index is 0.0273. The van der Waals surface area contributed by atoms with Gasteiger partial charge in [0.25, 0.3) is 0 Å². The first-order valence-electron chi connectivity index (χ1n) is 12.9. The van der Waals surface area contributed by atoms with E-state index in [1.54, 1.807) is 11.0 Å². The van der Waals surface area contributed by atoms with E-state index in [9.17, 15) is 9.18 Å². The lowest BCUT2D eigenvalue weighted by atomic mass is 10.1. The van der Waals surface area contributed by atoms with E-state index in [0.717, 1.165) is 60.0 Å². The summed E-state index contributed by atoms with van der Waals surface area (Å²) in [6.07, 6.45) is 3.01. The maximum absolute atomic E-state index is 14.4. The van der Waals surface area contributed by atoms with E-state index in [4.69, 9.17) is 25.8 Å². The molecule has 10 heteroatoms. The van der Waals surface area contributed by atoms with Crippen molar-refractivity contribution in [3.8, 4) is 11.3 Å². The Balaban J connectivity index is 1.41. The number of hydrogen-bond donors (Lipinski definition) is 0. The zero-order valence-corrected chi connectivity index (χ0v) is 22.1. The van der Waals surface area contributed by atoms with Crippen LogP contribution in [0, 0.1) is 12.7 Å². The fourth-order valence-corrected chi connectivity index (χ4v) is 5.62. The number of hydrogen-bond acceptors (Lipinski definition) is 6. The number of anilines is 1. The monoisotopic (exact) mass is 537 g/mol. The van der Waals surface area contributed by atoms with Gasteiger partial charge in [-0.15, -0.1) is 0 Å². The van der Waals surface area contributed by atoms with Crippen molar-refractivity contribution >= 4 is 34.2 Å². The number of morpholine rings is 1. The predicted octanol–water partition coefficient (Wildman–Crippen LogP) is 5.38. The van der Waals surface area contributed by atoms with Gasteiger partial charge in [-0.05, 0) is 56.7 Å². The summed E-state index contributed by atoms with van der Waals surface area (Å²) in [6.45, 7) is 8.00. The fourth-order valence-electron chi connectivity index (χ4n) is 5.51. The van der Waals surface area contributed by atoms with E-state index in [-0.39, 0.29) is 23.0 Å². The van der Waals surface area contributed by atoms with Gasteiger partial charge in [0.2, 0.25) is 5.91 Å². The van der Waals surface area contributed by atoms with E-state index in [1.165, 1.54) is 12.1 Å². The molecule has 0 radical (unpaired) electrons. The molecule has 4 heterocycles. The number of carbonyl (C=O) groups is 1.